The van der Waals surface area contributed by atoms with Crippen LogP contribution >= 0.6 is 24.0 Å². The van der Waals surface area contributed by atoms with Gasteiger partial charge in [0.25, 0.3) is 0 Å². The van der Waals surface area contributed by atoms with Crippen molar-refractivity contribution in [3.05, 3.63) is 29.6 Å². The van der Waals surface area contributed by atoms with Crippen LogP contribution in [-0.4, -0.2) is 46.9 Å². The number of sulfonamides is 1. The van der Waals surface area contributed by atoms with Crippen LogP contribution in [0.25, 0.3) is 0 Å². The van der Waals surface area contributed by atoms with E-state index in [0.29, 0.717) is 12.5 Å². The molecule has 0 heterocycles. The molecule has 0 amide bonds. The monoisotopic (exact) mass is 502 g/mol. The van der Waals surface area contributed by atoms with Crippen LogP contribution in [0.15, 0.2) is 23.2 Å². The molecule has 0 saturated heterocycles. The van der Waals surface area contributed by atoms with Crippen LogP contribution in [0.4, 0.5) is 4.39 Å². The molecule has 1 aromatic carbocycles. The first-order chi connectivity index (χ1) is 11.5. The summed E-state index contributed by atoms with van der Waals surface area (Å²) in [4.78, 5) is 4.11. The van der Waals surface area contributed by atoms with E-state index in [1.807, 2.05) is 6.92 Å². The van der Waals surface area contributed by atoms with Gasteiger partial charge in [-0.15, -0.1) is 24.0 Å². The number of hydrogen-bond acceptors (Lipinski definition) is 4. The second kappa shape index (κ2) is 10.3. The predicted molar refractivity (Wildman–Crippen MR) is 113 cm³/mol. The third-order valence-electron chi connectivity index (χ3n) is 3.41. The average Bonchev–Trinajstić information content (AvgIpc) is 2.48. The van der Waals surface area contributed by atoms with E-state index in [4.69, 9.17) is 4.74 Å². The molecule has 150 valence electrons. The van der Waals surface area contributed by atoms with Gasteiger partial charge in [-0.2, -0.15) is 0 Å². The molecule has 1 unspecified atom stereocenters. The van der Waals surface area contributed by atoms with Crippen LogP contribution < -0.4 is 20.1 Å². The molecule has 0 bridgehead atoms. The van der Waals surface area contributed by atoms with Crippen molar-refractivity contribution in [1.29, 1.82) is 0 Å². The maximum atomic E-state index is 13.8. The highest BCUT2D eigenvalue weighted by Crippen LogP contribution is 2.21. The first-order valence-corrected chi connectivity index (χ1v) is 9.66. The largest absolute Gasteiger partial charge is 0.494 e. The Bertz CT molecular complexity index is 726. The average molecular weight is 502 g/mol. The van der Waals surface area contributed by atoms with Crippen LogP contribution in [0.1, 0.15) is 32.4 Å². The molecule has 0 aliphatic heterocycles. The van der Waals surface area contributed by atoms with E-state index in [9.17, 15) is 12.8 Å². The molecule has 0 aromatic heterocycles. The summed E-state index contributed by atoms with van der Waals surface area (Å²) in [5.74, 6) is 0.231. The number of methoxy groups -OCH3 is 1. The number of rotatable bonds is 7. The lowest BCUT2D eigenvalue weighted by atomic mass is 10.1. The number of benzene rings is 1. The van der Waals surface area contributed by atoms with Gasteiger partial charge >= 0.3 is 0 Å². The molecule has 0 saturated carbocycles. The topological polar surface area (TPSA) is 91.8 Å². The molecule has 1 atom stereocenters. The van der Waals surface area contributed by atoms with Crippen LogP contribution in [0.2, 0.25) is 0 Å². The standard InChI is InChI=1S/C16H27FN4O3S.HI/c1-11(12-7-8-14(24-5)13(17)9-12)20-15(18-4)19-10-16(2,3)21-25(6,22)23;/h7-9,11,21H,10H2,1-6H3,(H2,18,19,20);1H. The Kier molecular flexibility index (Phi) is 9.81. The number of nitrogens with one attached hydrogen (secondary N) is 3. The highest BCUT2D eigenvalue weighted by Gasteiger charge is 2.22. The molecule has 26 heavy (non-hydrogen) atoms. The van der Waals surface area contributed by atoms with Gasteiger partial charge < -0.3 is 15.4 Å². The van der Waals surface area contributed by atoms with Crippen LogP contribution in [-0.2, 0) is 10.0 Å². The zero-order valence-corrected chi connectivity index (χ0v) is 19.0. The van der Waals surface area contributed by atoms with Crippen molar-refractivity contribution < 1.29 is 17.5 Å². The lowest BCUT2D eigenvalue weighted by molar-refractivity contribution is 0.386. The molecule has 0 aliphatic rings. The van der Waals surface area contributed by atoms with E-state index < -0.39 is 21.4 Å². The SMILES string of the molecule is CN=C(NCC(C)(C)NS(C)(=O)=O)NC(C)c1ccc(OC)c(F)c1.I. The molecule has 0 radical (unpaired) electrons. The van der Waals surface area contributed by atoms with E-state index in [0.717, 1.165) is 11.8 Å². The molecule has 1 rings (SSSR count). The van der Waals surface area contributed by atoms with Crippen LogP contribution in [0.3, 0.4) is 0 Å². The maximum Gasteiger partial charge on any atom is 0.209 e. The van der Waals surface area contributed by atoms with Gasteiger partial charge in [0.1, 0.15) is 0 Å². The minimum Gasteiger partial charge on any atom is -0.494 e. The van der Waals surface area contributed by atoms with Gasteiger partial charge in [0, 0.05) is 19.1 Å². The number of aliphatic imine (C=N–C) groups is 1. The number of hydrogen-bond donors (Lipinski definition) is 3. The summed E-state index contributed by atoms with van der Waals surface area (Å²) in [6, 6.07) is 4.52. The van der Waals surface area contributed by atoms with Crippen LogP contribution in [0.5, 0.6) is 5.75 Å². The van der Waals surface area contributed by atoms with Gasteiger partial charge in [0.2, 0.25) is 10.0 Å². The highest BCUT2D eigenvalue weighted by atomic mass is 127. The second-order valence-electron chi connectivity index (χ2n) is 6.44. The van der Waals surface area contributed by atoms with Gasteiger partial charge in [-0.05, 0) is 38.5 Å². The molecule has 3 N–H and O–H groups in total. The fourth-order valence-electron chi connectivity index (χ4n) is 2.28. The van der Waals surface area contributed by atoms with Crippen LogP contribution in [0, 0.1) is 5.82 Å². The van der Waals surface area contributed by atoms with Gasteiger partial charge in [-0.1, -0.05) is 6.07 Å². The normalized spacial score (nSPS) is 13.6. The first kappa shape index (κ1) is 24.9. The summed E-state index contributed by atoms with van der Waals surface area (Å²) in [6.45, 7) is 5.71. The Balaban J connectivity index is 0.00000625. The van der Waals surface area contributed by atoms with Crippen molar-refractivity contribution in [1.82, 2.24) is 15.4 Å². The van der Waals surface area contributed by atoms with Crippen molar-refractivity contribution in [3.63, 3.8) is 0 Å². The minimum absolute atomic E-state index is 0. The lowest BCUT2D eigenvalue weighted by Crippen LogP contribution is -2.53. The first-order valence-electron chi connectivity index (χ1n) is 7.77. The summed E-state index contributed by atoms with van der Waals surface area (Å²) >= 11 is 0. The third kappa shape index (κ3) is 8.49. The van der Waals surface area contributed by atoms with Crippen molar-refractivity contribution in [2.24, 2.45) is 4.99 Å². The molecule has 0 spiro atoms. The summed E-state index contributed by atoms with van der Waals surface area (Å²) in [5.41, 5.74) is 0.0375. The number of ether oxygens (including phenoxy) is 1. The maximum absolute atomic E-state index is 13.8. The van der Waals surface area contributed by atoms with E-state index in [-0.39, 0.29) is 35.8 Å². The number of halogens is 2. The lowest BCUT2D eigenvalue weighted by Gasteiger charge is -2.27. The fourth-order valence-corrected chi connectivity index (χ4v) is 3.35. The Morgan fingerprint density at radius 2 is 2.00 bits per heavy atom. The van der Waals surface area contributed by atoms with Gasteiger partial charge in [-0.25, -0.2) is 17.5 Å². The van der Waals surface area contributed by atoms with E-state index in [1.165, 1.54) is 13.2 Å². The highest BCUT2D eigenvalue weighted by molar-refractivity contribution is 14.0. The molecular weight excluding hydrogens is 474 g/mol. The molecular formula is C16H28FIN4O3S. The Morgan fingerprint density at radius 1 is 1.38 bits per heavy atom. The van der Waals surface area contributed by atoms with Crippen molar-refractivity contribution in [2.75, 3.05) is 27.0 Å². The van der Waals surface area contributed by atoms with E-state index in [1.54, 1.807) is 33.0 Å². The van der Waals surface area contributed by atoms with Crippen molar-refractivity contribution in [3.8, 4) is 5.75 Å². The Labute approximate surface area is 172 Å². The summed E-state index contributed by atoms with van der Waals surface area (Å²) in [5, 5.41) is 6.20. The smallest absolute Gasteiger partial charge is 0.209 e. The van der Waals surface area contributed by atoms with Gasteiger partial charge in [0.15, 0.2) is 17.5 Å². The van der Waals surface area contributed by atoms with E-state index in [2.05, 4.69) is 20.3 Å². The molecule has 10 heteroatoms. The Morgan fingerprint density at radius 3 is 2.46 bits per heavy atom. The minimum atomic E-state index is -3.32. The molecule has 0 aliphatic carbocycles. The summed E-state index contributed by atoms with van der Waals surface area (Å²) in [6.07, 6.45) is 1.11. The quantitative estimate of drug-likeness (QED) is 0.302. The third-order valence-corrected chi connectivity index (χ3v) is 4.34. The predicted octanol–water partition coefficient (Wildman–Crippen LogP) is 2.01. The molecule has 1 aromatic rings. The molecule has 7 nitrogen and oxygen atoms in total. The molecule has 0 fully saturated rings. The van der Waals surface area contributed by atoms with Gasteiger partial charge in [-0.3, -0.25) is 4.99 Å². The summed E-state index contributed by atoms with van der Waals surface area (Å²) < 4.78 is 44.0. The fraction of sp³-hybridized carbons (Fsp3) is 0.562. The zero-order chi connectivity index (χ0) is 19.3. The zero-order valence-electron chi connectivity index (χ0n) is 15.9. The van der Waals surface area contributed by atoms with Gasteiger partial charge in [0.05, 0.1) is 19.4 Å². The second-order valence-corrected chi connectivity index (χ2v) is 8.19. The van der Waals surface area contributed by atoms with Crippen molar-refractivity contribution >= 4 is 40.0 Å². The number of nitrogens with zero attached hydrogens (tertiary/aromatic N) is 1. The van der Waals surface area contributed by atoms with E-state index >= 15 is 0 Å². The number of guanidine groups is 1. The van der Waals surface area contributed by atoms with Crippen molar-refractivity contribution in [2.45, 2.75) is 32.4 Å². The Hall–Kier alpha value is -1.14. The summed E-state index contributed by atoms with van der Waals surface area (Å²) in [7, 11) is -0.298.